The third kappa shape index (κ3) is 5.65. The molecule has 0 saturated carbocycles. The number of halogens is 2. The van der Waals surface area contributed by atoms with Crippen molar-refractivity contribution in [1.29, 1.82) is 0 Å². The molecule has 0 spiro atoms. The molecule has 1 aliphatic heterocycles. The molecule has 1 amide bonds. The fourth-order valence-electron chi connectivity index (χ4n) is 2.33. The number of piperidine rings is 1. The third-order valence-corrected chi connectivity index (χ3v) is 3.51. The summed E-state index contributed by atoms with van der Waals surface area (Å²) in [4.78, 5) is 18.0. The summed E-state index contributed by atoms with van der Waals surface area (Å²) in [6.07, 6.45) is 6.61. The van der Waals surface area contributed by atoms with Crippen LogP contribution in [0.15, 0.2) is 24.5 Å². The Kier molecular flexibility index (Phi) is 9.55. The van der Waals surface area contributed by atoms with Crippen LogP contribution < -0.4 is 5.32 Å². The molecule has 1 N–H and O–H groups in total. The van der Waals surface area contributed by atoms with Gasteiger partial charge in [-0.25, -0.2) is 0 Å². The Morgan fingerprint density at radius 2 is 2.10 bits per heavy atom. The van der Waals surface area contributed by atoms with Crippen LogP contribution in [0.4, 0.5) is 0 Å². The van der Waals surface area contributed by atoms with E-state index in [1.165, 1.54) is 5.56 Å². The van der Waals surface area contributed by atoms with Crippen LogP contribution in [0.5, 0.6) is 0 Å². The average Bonchev–Trinajstić information content (AvgIpc) is 2.46. The predicted octanol–water partition coefficient (Wildman–Crippen LogP) is 1.93. The lowest BCUT2D eigenvalue weighted by Gasteiger charge is -2.27. The molecule has 1 aromatic heterocycles. The van der Waals surface area contributed by atoms with Gasteiger partial charge < -0.3 is 10.2 Å². The molecule has 1 aromatic rings. The van der Waals surface area contributed by atoms with E-state index in [1.807, 2.05) is 24.1 Å². The number of carbonyl (C=O) groups excluding carboxylic acids is 1. The number of nitrogens with one attached hydrogen (secondary N) is 1. The van der Waals surface area contributed by atoms with Crippen molar-refractivity contribution < 1.29 is 4.79 Å². The molecule has 1 unspecified atom stereocenters. The van der Waals surface area contributed by atoms with Crippen LogP contribution in [0.2, 0.25) is 0 Å². The van der Waals surface area contributed by atoms with Gasteiger partial charge in [-0.05, 0) is 43.5 Å². The van der Waals surface area contributed by atoms with Gasteiger partial charge in [0, 0.05) is 32.5 Å². The monoisotopic (exact) mass is 319 g/mol. The van der Waals surface area contributed by atoms with Crippen LogP contribution in [0, 0.1) is 5.92 Å². The summed E-state index contributed by atoms with van der Waals surface area (Å²) < 4.78 is 0. The van der Waals surface area contributed by atoms with Gasteiger partial charge in [0.15, 0.2) is 0 Å². The normalized spacial score (nSPS) is 17.6. The number of aromatic nitrogens is 1. The van der Waals surface area contributed by atoms with E-state index >= 15 is 0 Å². The van der Waals surface area contributed by atoms with E-state index in [4.69, 9.17) is 0 Å². The molecule has 2 heterocycles. The zero-order chi connectivity index (χ0) is 12.8. The first kappa shape index (κ1) is 19.2. The zero-order valence-electron chi connectivity index (χ0n) is 11.7. The molecule has 1 fully saturated rings. The van der Waals surface area contributed by atoms with Gasteiger partial charge in [0.1, 0.15) is 0 Å². The lowest BCUT2D eigenvalue weighted by atomic mass is 9.98. The Balaban J connectivity index is 0.00000180. The molecular formula is C14H23Cl2N3O. The molecular weight excluding hydrogens is 297 g/mol. The second-order valence-electron chi connectivity index (χ2n) is 4.91. The lowest BCUT2D eigenvalue weighted by molar-refractivity contribution is -0.134. The first-order valence-electron chi connectivity index (χ1n) is 6.62. The van der Waals surface area contributed by atoms with Crippen molar-refractivity contribution in [3.8, 4) is 0 Å². The van der Waals surface area contributed by atoms with Crippen molar-refractivity contribution in [3.63, 3.8) is 0 Å². The summed E-state index contributed by atoms with van der Waals surface area (Å²) in [6, 6.07) is 4.00. The quantitative estimate of drug-likeness (QED) is 0.922. The number of amides is 1. The van der Waals surface area contributed by atoms with Gasteiger partial charge in [0.25, 0.3) is 0 Å². The van der Waals surface area contributed by atoms with E-state index in [9.17, 15) is 4.79 Å². The molecule has 1 aliphatic rings. The van der Waals surface area contributed by atoms with Crippen molar-refractivity contribution in [3.05, 3.63) is 30.1 Å². The molecule has 0 bridgehead atoms. The Hall–Kier alpha value is -0.840. The first-order chi connectivity index (χ1) is 8.77. The maximum absolute atomic E-state index is 12.2. The minimum atomic E-state index is 0. The minimum absolute atomic E-state index is 0. The van der Waals surface area contributed by atoms with Crippen molar-refractivity contribution >= 4 is 30.7 Å². The van der Waals surface area contributed by atoms with Crippen molar-refractivity contribution in [1.82, 2.24) is 15.2 Å². The minimum Gasteiger partial charge on any atom is -0.345 e. The molecule has 114 valence electrons. The maximum atomic E-state index is 12.2. The Morgan fingerprint density at radius 1 is 1.40 bits per heavy atom. The van der Waals surface area contributed by atoms with Crippen LogP contribution in [-0.2, 0) is 11.2 Å². The topological polar surface area (TPSA) is 45.2 Å². The lowest BCUT2D eigenvalue weighted by Crippen LogP contribution is -2.42. The number of nitrogens with zero attached hydrogens (tertiary/aromatic N) is 2. The van der Waals surface area contributed by atoms with Gasteiger partial charge in [-0.15, -0.1) is 24.8 Å². The molecule has 4 nitrogen and oxygen atoms in total. The molecule has 1 saturated heterocycles. The molecule has 20 heavy (non-hydrogen) atoms. The second-order valence-corrected chi connectivity index (χ2v) is 4.91. The number of rotatable bonds is 4. The molecule has 2 rings (SSSR count). The van der Waals surface area contributed by atoms with E-state index in [2.05, 4.69) is 10.3 Å². The third-order valence-electron chi connectivity index (χ3n) is 3.51. The largest absolute Gasteiger partial charge is 0.345 e. The summed E-state index contributed by atoms with van der Waals surface area (Å²) in [7, 11) is 1.90. The van der Waals surface area contributed by atoms with Crippen LogP contribution >= 0.6 is 24.8 Å². The fraction of sp³-hybridized carbons (Fsp3) is 0.571. The van der Waals surface area contributed by atoms with Gasteiger partial charge in [0.05, 0.1) is 5.92 Å². The summed E-state index contributed by atoms with van der Waals surface area (Å²) >= 11 is 0. The highest BCUT2D eigenvalue weighted by atomic mass is 35.5. The number of carbonyl (C=O) groups is 1. The standard InChI is InChI=1S/C14H21N3O.2ClH/c1-17(10-6-12-4-8-15-9-5-12)14(18)13-3-2-7-16-11-13;;/h4-5,8-9,13,16H,2-3,6-7,10-11H2,1H3;2*1H. The summed E-state index contributed by atoms with van der Waals surface area (Å²) in [5.41, 5.74) is 1.23. The van der Waals surface area contributed by atoms with Crippen molar-refractivity contribution in [2.24, 2.45) is 5.92 Å². The molecule has 0 radical (unpaired) electrons. The predicted molar refractivity (Wildman–Crippen MR) is 85.7 cm³/mol. The van der Waals surface area contributed by atoms with Gasteiger partial charge in [-0.1, -0.05) is 0 Å². The van der Waals surface area contributed by atoms with Gasteiger partial charge in [0.2, 0.25) is 5.91 Å². The van der Waals surface area contributed by atoms with Crippen LogP contribution in [0.3, 0.4) is 0 Å². The van der Waals surface area contributed by atoms with Crippen LogP contribution in [0.1, 0.15) is 18.4 Å². The second kappa shape index (κ2) is 9.97. The van der Waals surface area contributed by atoms with Crippen molar-refractivity contribution in [2.75, 3.05) is 26.7 Å². The number of pyridine rings is 1. The Bertz CT molecular complexity index is 383. The van der Waals surface area contributed by atoms with E-state index in [0.717, 1.165) is 38.9 Å². The number of hydrogen-bond donors (Lipinski definition) is 1. The Morgan fingerprint density at radius 3 is 2.70 bits per heavy atom. The van der Waals surface area contributed by atoms with E-state index < -0.39 is 0 Å². The van der Waals surface area contributed by atoms with Gasteiger partial charge in [-0.3, -0.25) is 9.78 Å². The summed E-state index contributed by atoms with van der Waals surface area (Å²) in [5, 5.41) is 3.29. The van der Waals surface area contributed by atoms with E-state index in [1.54, 1.807) is 12.4 Å². The Labute approximate surface area is 133 Å². The van der Waals surface area contributed by atoms with Crippen LogP contribution in [-0.4, -0.2) is 42.5 Å². The molecule has 6 heteroatoms. The molecule has 0 aliphatic carbocycles. The fourth-order valence-corrected chi connectivity index (χ4v) is 2.33. The van der Waals surface area contributed by atoms with Gasteiger partial charge in [-0.2, -0.15) is 0 Å². The highest BCUT2D eigenvalue weighted by molar-refractivity contribution is 5.85. The maximum Gasteiger partial charge on any atom is 0.226 e. The summed E-state index contributed by atoms with van der Waals surface area (Å²) in [6.45, 7) is 2.66. The van der Waals surface area contributed by atoms with Gasteiger partial charge >= 0.3 is 0 Å². The summed E-state index contributed by atoms with van der Waals surface area (Å²) in [5.74, 6) is 0.442. The highest BCUT2D eigenvalue weighted by Gasteiger charge is 2.23. The molecule has 1 atom stereocenters. The van der Waals surface area contributed by atoms with E-state index in [-0.39, 0.29) is 36.6 Å². The average molecular weight is 320 g/mol. The first-order valence-corrected chi connectivity index (χ1v) is 6.62. The van der Waals surface area contributed by atoms with Crippen molar-refractivity contribution in [2.45, 2.75) is 19.3 Å². The smallest absolute Gasteiger partial charge is 0.226 e. The highest BCUT2D eigenvalue weighted by Crippen LogP contribution is 2.13. The van der Waals surface area contributed by atoms with Crippen LogP contribution in [0.25, 0.3) is 0 Å². The SMILES string of the molecule is CN(CCc1ccncc1)C(=O)C1CCCNC1.Cl.Cl. The molecule has 0 aromatic carbocycles. The number of hydrogen-bond acceptors (Lipinski definition) is 3. The zero-order valence-corrected chi connectivity index (χ0v) is 13.4. The number of likely N-dealkylation sites (N-methyl/N-ethyl adjacent to an activating group) is 1. The van der Waals surface area contributed by atoms with E-state index in [0.29, 0.717) is 0 Å².